The smallest absolute Gasteiger partial charge is 0.303 e. The van der Waals surface area contributed by atoms with Gasteiger partial charge in [0.15, 0.2) is 0 Å². The van der Waals surface area contributed by atoms with Gasteiger partial charge in [0.2, 0.25) is 5.91 Å². The maximum absolute atomic E-state index is 12.5. The first kappa shape index (κ1) is 16.0. The topological polar surface area (TPSA) is 57.6 Å². The number of nitrogens with zero attached hydrogens (tertiary/aromatic N) is 1. The van der Waals surface area contributed by atoms with Crippen molar-refractivity contribution in [1.29, 1.82) is 0 Å². The molecule has 2 rings (SSSR count). The molecule has 0 radical (unpaired) electrons. The summed E-state index contributed by atoms with van der Waals surface area (Å²) < 4.78 is 0.942. The number of aliphatic carboxylic acids is 1. The molecule has 1 unspecified atom stereocenters. The minimum Gasteiger partial charge on any atom is -0.481 e. The summed E-state index contributed by atoms with van der Waals surface area (Å²) in [7, 11) is 0. The molecule has 0 aromatic heterocycles. The fourth-order valence-corrected chi connectivity index (χ4v) is 3.25. The number of amides is 1. The molecule has 114 valence electrons. The van der Waals surface area contributed by atoms with Gasteiger partial charge in [0, 0.05) is 23.5 Å². The second kappa shape index (κ2) is 7.59. The summed E-state index contributed by atoms with van der Waals surface area (Å²) in [6.45, 7) is 0.744. The number of hydrogen-bond donors (Lipinski definition) is 1. The third kappa shape index (κ3) is 4.56. The fourth-order valence-electron chi connectivity index (χ4n) is 2.83. The normalized spacial score (nSPS) is 18.5. The minimum atomic E-state index is -0.793. The van der Waals surface area contributed by atoms with E-state index in [0.29, 0.717) is 12.8 Å². The molecule has 1 N–H and O–H groups in total. The molecule has 1 amide bonds. The molecule has 1 saturated heterocycles. The van der Waals surface area contributed by atoms with Crippen molar-refractivity contribution >= 4 is 27.8 Å². The molecule has 0 bridgehead atoms. The van der Waals surface area contributed by atoms with Crippen LogP contribution in [0.25, 0.3) is 0 Å². The maximum atomic E-state index is 12.5. The Bertz CT molecular complexity index is 518. The zero-order valence-electron chi connectivity index (χ0n) is 11.9. The van der Waals surface area contributed by atoms with Crippen LogP contribution in [0.1, 0.15) is 37.7 Å². The van der Waals surface area contributed by atoms with Gasteiger partial charge in [0.05, 0.1) is 6.42 Å². The molecule has 0 aliphatic carbocycles. The van der Waals surface area contributed by atoms with E-state index < -0.39 is 5.97 Å². The van der Waals surface area contributed by atoms with Crippen molar-refractivity contribution < 1.29 is 14.7 Å². The third-order valence-electron chi connectivity index (χ3n) is 3.94. The number of halogens is 1. The number of piperidine rings is 1. The van der Waals surface area contributed by atoms with Gasteiger partial charge in [-0.15, -0.1) is 0 Å². The van der Waals surface area contributed by atoms with Crippen LogP contribution in [0.2, 0.25) is 0 Å². The number of hydrogen-bond acceptors (Lipinski definition) is 2. The highest BCUT2D eigenvalue weighted by atomic mass is 79.9. The summed E-state index contributed by atoms with van der Waals surface area (Å²) in [5.74, 6) is -0.698. The van der Waals surface area contributed by atoms with Crippen LogP contribution in [-0.2, 0) is 16.0 Å². The van der Waals surface area contributed by atoms with E-state index in [9.17, 15) is 9.59 Å². The molecule has 5 heteroatoms. The lowest BCUT2D eigenvalue weighted by molar-refractivity contribution is -0.139. The molecule has 1 aromatic rings. The van der Waals surface area contributed by atoms with Crippen molar-refractivity contribution in [2.24, 2.45) is 0 Å². The molecule has 1 aliphatic rings. The number of rotatable bonds is 5. The summed E-state index contributed by atoms with van der Waals surface area (Å²) in [6.07, 6.45) is 4.04. The van der Waals surface area contributed by atoms with Crippen LogP contribution in [0.4, 0.5) is 0 Å². The Kier molecular flexibility index (Phi) is 5.79. The summed E-state index contributed by atoms with van der Waals surface area (Å²) in [5.41, 5.74) is 0.977. The largest absolute Gasteiger partial charge is 0.481 e. The predicted octanol–water partition coefficient (Wildman–Crippen LogP) is 3.24. The zero-order chi connectivity index (χ0) is 15.2. The van der Waals surface area contributed by atoms with E-state index in [4.69, 9.17) is 5.11 Å². The van der Waals surface area contributed by atoms with Gasteiger partial charge in [0.1, 0.15) is 0 Å². The van der Waals surface area contributed by atoms with Gasteiger partial charge in [-0.3, -0.25) is 9.59 Å². The van der Waals surface area contributed by atoms with Crippen molar-refractivity contribution in [2.75, 3.05) is 6.54 Å². The Morgan fingerprint density at radius 3 is 2.76 bits per heavy atom. The standard InChI is InChI=1S/C16H20BrNO3/c17-14-7-2-1-5-12(14)11-15(19)18-10-4-3-6-13(18)8-9-16(20)21/h1-2,5,7,13H,3-4,6,8-11H2,(H,20,21). The van der Waals surface area contributed by atoms with Crippen molar-refractivity contribution in [2.45, 2.75) is 44.6 Å². The first-order chi connectivity index (χ1) is 10.1. The van der Waals surface area contributed by atoms with Gasteiger partial charge in [-0.2, -0.15) is 0 Å². The molecule has 4 nitrogen and oxygen atoms in total. The lowest BCUT2D eigenvalue weighted by atomic mass is 9.97. The van der Waals surface area contributed by atoms with Gasteiger partial charge in [0.25, 0.3) is 0 Å². The van der Waals surface area contributed by atoms with E-state index in [-0.39, 0.29) is 18.4 Å². The van der Waals surface area contributed by atoms with Crippen LogP contribution < -0.4 is 0 Å². The Morgan fingerprint density at radius 2 is 2.05 bits per heavy atom. The van der Waals surface area contributed by atoms with E-state index in [2.05, 4.69) is 15.9 Å². The number of likely N-dealkylation sites (tertiary alicyclic amines) is 1. The highest BCUT2D eigenvalue weighted by molar-refractivity contribution is 9.10. The molecule has 1 aliphatic heterocycles. The molecule has 0 saturated carbocycles. The van der Waals surface area contributed by atoms with Gasteiger partial charge in [-0.25, -0.2) is 0 Å². The average Bonchev–Trinajstić information content (AvgIpc) is 2.47. The molecule has 1 fully saturated rings. The third-order valence-corrected chi connectivity index (χ3v) is 4.71. The number of carboxylic acids is 1. The van der Waals surface area contributed by atoms with Crippen molar-refractivity contribution in [3.63, 3.8) is 0 Å². The Labute approximate surface area is 133 Å². The van der Waals surface area contributed by atoms with Crippen molar-refractivity contribution in [1.82, 2.24) is 4.90 Å². The van der Waals surface area contributed by atoms with Crippen LogP contribution in [0.3, 0.4) is 0 Å². The molecular formula is C16H20BrNO3. The van der Waals surface area contributed by atoms with E-state index in [1.54, 1.807) is 0 Å². The average molecular weight is 354 g/mol. The zero-order valence-corrected chi connectivity index (χ0v) is 13.5. The molecule has 0 spiro atoms. The summed E-state index contributed by atoms with van der Waals surface area (Å²) in [4.78, 5) is 25.2. The highest BCUT2D eigenvalue weighted by Crippen LogP contribution is 2.23. The van der Waals surface area contributed by atoms with Gasteiger partial charge < -0.3 is 10.0 Å². The first-order valence-corrected chi connectivity index (χ1v) is 8.12. The predicted molar refractivity (Wildman–Crippen MR) is 84.1 cm³/mol. The Morgan fingerprint density at radius 1 is 1.29 bits per heavy atom. The van der Waals surface area contributed by atoms with Crippen LogP contribution in [0.5, 0.6) is 0 Å². The number of carboxylic acid groups (broad SMARTS) is 1. The first-order valence-electron chi connectivity index (χ1n) is 7.32. The van der Waals surface area contributed by atoms with Gasteiger partial charge in [-0.1, -0.05) is 34.1 Å². The fraction of sp³-hybridized carbons (Fsp3) is 0.500. The van der Waals surface area contributed by atoms with Gasteiger partial charge in [-0.05, 0) is 37.3 Å². The van der Waals surface area contributed by atoms with E-state index in [1.165, 1.54) is 0 Å². The van der Waals surface area contributed by atoms with Crippen LogP contribution in [-0.4, -0.2) is 34.5 Å². The highest BCUT2D eigenvalue weighted by Gasteiger charge is 2.27. The van der Waals surface area contributed by atoms with Crippen molar-refractivity contribution in [3.8, 4) is 0 Å². The molecule has 21 heavy (non-hydrogen) atoms. The quantitative estimate of drug-likeness (QED) is 0.883. The molecule has 1 heterocycles. The van der Waals surface area contributed by atoms with Crippen LogP contribution in [0, 0.1) is 0 Å². The summed E-state index contributed by atoms with van der Waals surface area (Å²) in [5, 5.41) is 8.83. The van der Waals surface area contributed by atoms with Crippen molar-refractivity contribution in [3.05, 3.63) is 34.3 Å². The van der Waals surface area contributed by atoms with Crippen LogP contribution in [0.15, 0.2) is 28.7 Å². The summed E-state index contributed by atoms with van der Waals surface area (Å²) in [6, 6.07) is 7.80. The van der Waals surface area contributed by atoms with E-state index in [0.717, 1.165) is 35.8 Å². The van der Waals surface area contributed by atoms with Gasteiger partial charge >= 0.3 is 5.97 Å². The van der Waals surface area contributed by atoms with Crippen LogP contribution >= 0.6 is 15.9 Å². The van der Waals surface area contributed by atoms with E-state index >= 15 is 0 Å². The Balaban J connectivity index is 2.01. The second-order valence-electron chi connectivity index (χ2n) is 5.44. The number of carbonyl (C=O) groups is 2. The molecular weight excluding hydrogens is 334 g/mol. The number of benzene rings is 1. The maximum Gasteiger partial charge on any atom is 0.303 e. The monoisotopic (exact) mass is 353 g/mol. The summed E-state index contributed by atoms with van der Waals surface area (Å²) >= 11 is 3.47. The lowest BCUT2D eigenvalue weighted by Gasteiger charge is -2.36. The SMILES string of the molecule is O=C(O)CCC1CCCCN1C(=O)Cc1ccccc1Br. The second-order valence-corrected chi connectivity index (χ2v) is 6.29. The van der Waals surface area contributed by atoms with E-state index in [1.807, 2.05) is 29.2 Å². The number of carbonyl (C=O) groups excluding carboxylic acids is 1. The minimum absolute atomic E-state index is 0.0739. The lowest BCUT2D eigenvalue weighted by Crippen LogP contribution is -2.44. The Hall–Kier alpha value is -1.36. The molecule has 1 atom stereocenters. The molecule has 1 aromatic carbocycles.